The molecule has 0 rings (SSSR count). The standard InChI is InChI=1S/C16H28O4.Ca.2H/c1-2-3-4-5-6-7-8-9-10-11-14-20-16(19)13-12-15(17)18;;;/h12-13H,2-11,14H2,1H3,(H,17,18);;;/q;+2;2*-1/b13-12+;;;. The Hall–Kier alpha value is -0.0603. The number of rotatable bonds is 13. The number of ether oxygens (including phenoxy) is 1. The molecule has 0 aromatic heterocycles. The number of carboxylic acid groups (broad SMARTS) is 1. The van der Waals surface area contributed by atoms with Crippen molar-refractivity contribution < 1.29 is 22.3 Å². The number of aliphatic carboxylic acids is 1. The molecule has 0 heterocycles. The fourth-order valence-corrected chi connectivity index (χ4v) is 1.95. The van der Waals surface area contributed by atoms with E-state index in [1.807, 2.05) is 0 Å². The molecule has 0 atom stereocenters. The largest absolute Gasteiger partial charge is 2.00 e. The zero-order valence-corrected chi connectivity index (χ0v) is 15.5. The zero-order valence-electron chi connectivity index (χ0n) is 15.3. The molecule has 0 aliphatic rings. The normalized spacial score (nSPS) is 10.3. The molecule has 0 spiro atoms. The predicted molar refractivity (Wildman–Crippen MR) is 87.6 cm³/mol. The minimum absolute atomic E-state index is 0. The molecule has 0 saturated carbocycles. The first kappa shape index (κ1) is 23.2. The molecule has 0 saturated heterocycles. The molecule has 5 heteroatoms. The summed E-state index contributed by atoms with van der Waals surface area (Å²) in [6, 6.07) is 0. The Balaban J connectivity index is -0.000000602. The van der Waals surface area contributed by atoms with E-state index in [2.05, 4.69) is 6.92 Å². The van der Waals surface area contributed by atoms with Crippen molar-refractivity contribution in [1.29, 1.82) is 0 Å². The summed E-state index contributed by atoms with van der Waals surface area (Å²) < 4.78 is 4.88. The third-order valence-corrected chi connectivity index (χ3v) is 3.10. The maximum Gasteiger partial charge on any atom is 2.00 e. The van der Waals surface area contributed by atoms with E-state index in [9.17, 15) is 9.59 Å². The molecule has 0 aliphatic heterocycles. The van der Waals surface area contributed by atoms with Crippen molar-refractivity contribution in [2.24, 2.45) is 0 Å². The third kappa shape index (κ3) is 19.9. The van der Waals surface area contributed by atoms with Gasteiger partial charge in [-0.1, -0.05) is 64.7 Å². The van der Waals surface area contributed by atoms with E-state index in [-0.39, 0.29) is 40.6 Å². The molecule has 0 aromatic rings. The summed E-state index contributed by atoms with van der Waals surface area (Å²) in [6.07, 6.45) is 14.0. The summed E-state index contributed by atoms with van der Waals surface area (Å²) in [7, 11) is 0. The summed E-state index contributed by atoms with van der Waals surface area (Å²) >= 11 is 0. The van der Waals surface area contributed by atoms with Crippen LogP contribution in [0.2, 0.25) is 0 Å². The van der Waals surface area contributed by atoms with Crippen molar-refractivity contribution in [2.45, 2.75) is 71.1 Å². The van der Waals surface area contributed by atoms with E-state index in [0.29, 0.717) is 6.61 Å². The van der Waals surface area contributed by atoms with Gasteiger partial charge >= 0.3 is 49.7 Å². The predicted octanol–water partition coefficient (Wildman–Crippen LogP) is 3.94. The molecule has 0 radical (unpaired) electrons. The molecule has 0 bridgehead atoms. The molecule has 0 unspecified atom stereocenters. The second-order valence-electron chi connectivity index (χ2n) is 5.02. The van der Waals surface area contributed by atoms with Gasteiger partial charge in [0.25, 0.3) is 0 Å². The van der Waals surface area contributed by atoms with Crippen molar-refractivity contribution in [3.8, 4) is 0 Å². The van der Waals surface area contributed by atoms with Crippen molar-refractivity contribution in [2.75, 3.05) is 6.61 Å². The van der Waals surface area contributed by atoms with E-state index in [1.165, 1.54) is 51.4 Å². The number of hydrogen-bond donors (Lipinski definition) is 1. The smallest absolute Gasteiger partial charge is 1.00 e. The quantitative estimate of drug-likeness (QED) is 0.241. The first-order chi connectivity index (χ1) is 9.66. The van der Waals surface area contributed by atoms with Gasteiger partial charge in [0, 0.05) is 12.2 Å². The van der Waals surface area contributed by atoms with E-state index < -0.39 is 11.9 Å². The summed E-state index contributed by atoms with van der Waals surface area (Å²) in [6.45, 7) is 2.60. The Morgan fingerprint density at radius 3 is 1.86 bits per heavy atom. The minimum Gasteiger partial charge on any atom is -1.00 e. The number of hydrogen-bond acceptors (Lipinski definition) is 3. The van der Waals surface area contributed by atoms with Crippen LogP contribution >= 0.6 is 0 Å². The van der Waals surface area contributed by atoms with E-state index in [4.69, 9.17) is 9.84 Å². The van der Waals surface area contributed by atoms with Gasteiger partial charge in [0.2, 0.25) is 0 Å². The average molecular weight is 326 g/mol. The summed E-state index contributed by atoms with van der Waals surface area (Å²) in [5, 5.41) is 8.33. The Morgan fingerprint density at radius 2 is 1.38 bits per heavy atom. The molecule has 0 fully saturated rings. The zero-order chi connectivity index (χ0) is 15.1. The maximum atomic E-state index is 11.0. The van der Waals surface area contributed by atoms with Gasteiger partial charge in [-0.3, -0.25) is 0 Å². The molecular weight excluding hydrogens is 296 g/mol. The summed E-state index contributed by atoms with van der Waals surface area (Å²) in [4.78, 5) is 21.2. The molecule has 21 heavy (non-hydrogen) atoms. The van der Waals surface area contributed by atoms with Crippen LogP contribution < -0.4 is 0 Å². The topological polar surface area (TPSA) is 63.6 Å². The third-order valence-electron chi connectivity index (χ3n) is 3.10. The van der Waals surface area contributed by atoms with Gasteiger partial charge in [0.15, 0.2) is 0 Å². The first-order valence-corrected chi connectivity index (χ1v) is 7.74. The van der Waals surface area contributed by atoms with Crippen LogP contribution in [0, 0.1) is 0 Å². The van der Waals surface area contributed by atoms with Crippen LogP contribution in [0.4, 0.5) is 0 Å². The van der Waals surface area contributed by atoms with Crippen molar-refractivity contribution in [3.05, 3.63) is 12.2 Å². The fourth-order valence-electron chi connectivity index (χ4n) is 1.95. The molecule has 0 aromatic carbocycles. The number of unbranched alkanes of at least 4 members (excludes halogenated alkanes) is 9. The molecule has 0 aliphatic carbocycles. The average Bonchev–Trinajstić information content (AvgIpc) is 2.42. The second-order valence-corrected chi connectivity index (χ2v) is 5.02. The Bertz CT molecular complexity index is 300. The van der Waals surface area contributed by atoms with Gasteiger partial charge in [-0.15, -0.1) is 0 Å². The number of carboxylic acids is 1. The van der Waals surface area contributed by atoms with Gasteiger partial charge < -0.3 is 12.7 Å². The van der Waals surface area contributed by atoms with Crippen LogP contribution in [-0.4, -0.2) is 61.4 Å². The number of esters is 1. The van der Waals surface area contributed by atoms with Gasteiger partial charge in [0.1, 0.15) is 0 Å². The van der Waals surface area contributed by atoms with Crippen LogP contribution in [0.5, 0.6) is 0 Å². The monoisotopic (exact) mass is 326 g/mol. The second kappa shape index (κ2) is 18.0. The molecule has 1 N–H and O–H groups in total. The van der Waals surface area contributed by atoms with Crippen LogP contribution in [0.15, 0.2) is 12.2 Å². The Morgan fingerprint density at radius 1 is 0.905 bits per heavy atom. The number of carbonyl (C=O) groups is 2. The molecular formula is C16H30CaO4. The van der Waals surface area contributed by atoms with Crippen LogP contribution in [-0.2, 0) is 14.3 Å². The first-order valence-electron chi connectivity index (χ1n) is 7.74. The maximum absolute atomic E-state index is 11.0. The van der Waals surface area contributed by atoms with E-state index >= 15 is 0 Å². The van der Waals surface area contributed by atoms with Crippen molar-refractivity contribution >= 4 is 49.7 Å². The van der Waals surface area contributed by atoms with Crippen LogP contribution in [0.3, 0.4) is 0 Å². The summed E-state index contributed by atoms with van der Waals surface area (Å²) in [5.41, 5.74) is 0. The van der Waals surface area contributed by atoms with Gasteiger partial charge in [0.05, 0.1) is 6.61 Å². The fraction of sp³-hybridized carbons (Fsp3) is 0.750. The molecule has 4 nitrogen and oxygen atoms in total. The van der Waals surface area contributed by atoms with Gasteiger partial charge in [-0.2, -0.15) is 0 Å². The minimum atomic E-state index is -1.14. The van der Waals surface area contributed by atoms with Gasteiger partial charge in [-0.05, 0) is 6.42 Å². The Kier molecular flexibility index (Phi) is 19.9. The summed E-state index contributed by atoms with van der Waals surface area (Å²) in [5.74, 6) is -1.72. The van der Waals surface area contributed by atoms with Crippen LogP contribution in [0.1, 0.15) is 74.0 Å². The Labute approximate surface area is 161 Å². The number of carbonyl (C=O) groups excluding carboxylic acids is 1. The van der Waals surface area contributed by atoms with E-state index in [0.717, 1.165) is 25.0 Å². The van der Waals surface area contributed by atoms with Crippen molar-refractivity contribution in [1.82, 2.24) is 0 Å². The molecule has 120 valence electrons. The SMILES string of the molecule is CCCCCCCCCCCCOC(=O)/C=C/C(=O)O.[Ca+2].[H-].[H-]. The van der Waals surface area contributed by atoms with Crippen LogP contribution in [0.25, 0.3) is 0 Å². The van der Waals surface area contributed by atoms with Gasteiger partial charge in [-0.25, -0.2) is 9.59 Å². The molecule has 0 amide bonds. The van der Waals surface area contributed by atoms with E-state index in [1.54, 1.807) is 0 Å². The van der Waals surface area contributed by atoms with Crippen molar-refractivity contribution in [3.63, 3.8) is 0 Å².